The topological polar surface area (TPSA) is 163 Å². The third-order valence-corrected chi connectivity index (χ3v) is 5.24. The molecule has 2 aromatic rings. The van der Waals surface area contributed by atoms with Crippen molar-refractivity contribution in [2.75, 3.05) is 19.7 Å². The molecule has 0 aromatic carbocycles. The number of rotatable bonds is 5. The van der Waals surface area contributed by atoms with Gasteiger partial charge >= 0.3 is 5.56 Å². The number of piperidine rings is 1. The first-order chi connectivity index (χ1) is 14.5. The second kappa shape index (κ2) is 8.52. The Morgan fingerprint density at radius 1 is 1.20 bits per heavy atom. The molecule has 160 valence electrons. The summed E-state index contributed by atoms with van der Waals surface area (Å²) in [4.78, 5) is 41.9. The minimum Gasteiger partial charge on any atom is -0.394 e. The third kappa shape index (κ3) is 3.69. The fourth-order valence-corrected chi connectivity index (χ4v) is 3.65. The first kappa shape index (κ1) is 20.5. The molecule has 30 heavy (non-hydrogen) atoms. The van der Waals surface area contributed by atoms with E-state index in [1.165, 1.54) is 10.8 Å². The number of nitrogens with zero attached hydrogens (tertiary/aromatic N) is 6. The summed E-state index contributed by atoms with van der Waals surface area (Å²) in [6.45, 7) is 1.11. The van der Waals surface area contributed by atoms with Gasteiger partial charge in [0.25, 0.3) is 0 Å². The zero-order chi connectivity index (χ0) is 21.3. The van der Waals surface area contributed by atoms with Crippen LogP contribution in [-0.4, -0.2) is 90.4 Å². The van der Waals surface area contributed by atoms with Crippen LogP contribution >= 0.6 is 0 Å². The lowest BCUT2D eigenvalue weighted by molar-refractivity contribution is -0.0506. The van der Waals surface area contributed by atoms with Crippen molar-refractivity contribution in [3.63, 3.8) is 0 Å². The summed E-state index contributed by atoms with van der Waals surface area (Å²) in [6, 6.07) is 0. The van der Waals surface area contributed by atoms with Crippen LogP contribution in [0.5, 0.6) is 0 Å². The van der Waals surface area contributed by atoms with Crippen molar-refractivity contribution in [1.82, 2.24) is 24.4 Å². The van der Waals surface area contributed by atoms with Crippen molar-refractivity contribution in [3.05, 3.63) is 22.2 Å². The molecule has 2 saturated heterocycles. The van der Waals surface area contributed by atoms with Gasteiger partial charge in [-0.15, -0.1) is 0 Å². The van der Waals surface area contributed by atoms with Gasteiger partial charge in [-0.3, -0.25) is 14.2 Å². The van der Waals surface area contributed by atoms with Gasteiger partial charge in [0.15, 0.2) is 23.7 Å². The van der Waals surface area contributed by atoms with Crippen molar-refractivity contribution in [2.45, 2.75) is 43.8 Å². The molecule has 4 heterocycles. The van der Waals surface area contributed by atoms with Crippen molar-refractivity contribution >= 4 is 29.7 Å². The van der Waals surface area contributed by atoms with E-state index in [9.17, 15) is 24.9 Å². The lowest BCUT2D eigenvalue weighted by atomic mass is 10.1. The summed E-state index contributed by atoms with van der Waals surface area (Å²) < 4.78 is 6.86. The fourth-order valence-electron chi connectivity index (χ4n) is 3.65. The zero-order valence-electron chi connectivity index (χ0n) is 16.0. The summed E-state index contributed by atoms with van der Waals surface area (Å²) in [5.41, 5.74) is -1.01. The second-order valence-electron chi connectivity index (χ2n) is 7.24. The largest absolute Gasteiger partial charge is 0.394 e. The lowest BCUT2D eigenvalue weighted by Gasteiger charge is -2.24. The number of ether oxygens (including phenoxy) is 1. The van der Waals surface area contributed by atoms with Gasteiger partial charge in [-0.05, 0) is 19.3 Å². The second-order valence-corrected chi connectivity index (χ2v) is 7.24. The molecule has 0 amide bonds. The van der Waals surface area contributed by atoms with E-state index >= 15 is 0 Å². The maximum absolute atomic E-state index is 12.5. The molecule has 0 spiro atoms. The summed E-state index contributed by atoms with van der Waals surface area (Å²) in [7, 11) is 0. The van der Waals surface area contributed by atoms with E-state index < -0.39 is 36.7 Å². The summed E-state index contributed by atoms with van der Waals surface area (Å²) >= 11 is 0. The molecule has 2 fully saturated rings. The number of likely N-dealkylation sites (tertiary alicyclic amines) is 1. The number of aromatic nitrogens is 4. The van der Waals surface area contributed by atoms with E-state index in [1.54, 1.807) is 6.34 Å². The van der Waals surface area contributed by atoms with Crippen LogP contribution in [0.25, 0.3) is 11.2 Å². The Morgan fingerprint density at radius 2 is 1.97 bits per heavy atom. The minimum absolute atomic E-state index is 0.0127. The number of hydrogen-bond donors (Lipinski definition) is 3. The summed E-state index contributed by atoms with van der Waals surface area (Å²) in [5.74, 6) is -0.0962. The summed E-state index contributed by atoms with van der Waals surface area (Å²) in [6.07, 6.45) is 1.31. The number of aldehydes is 1. The Labute approximate surface area is 170 Å². The van der Waals surface area contributed by atoms with Crippen LogP contribution in [0.4, 0.5) is 5.95 Å². The van der Waals surface area contributed by atoms with Crippen LogP contribution < -0.4 is 5.56 Å². The number of hydrogen-bond acceptors (Lipinski definition) is 10. The molecule has 4 atom stereocenters. The van der Waals surface area contributed by atoms with Gasteiger partial charge in [-0.25, -0.2) is 15.0 Å². The van der Waals surface area contributed by atoms with Crippen molar-refractivity contribution in [3.8, 4) is 0 Å². The molecule has 2 aliphatic rings. The van der Waals surface area contributed by atoms with E-state index in [0.717, 1.165) is 32.4 Å². The highest BCUT2D eigenvalue weighted by Crippen LogP contribution is 2.33. The zero-order valence-corrected chi connectivity index (χ0v) is 16.0. The van der Waals surface area contributed by atoms with Crippen LogP contribution in [0.15, 0.2) is 16.0 Å². The van der Waals surface area contributed by atoms with Crippen molar-refractivity contribution < 1.29 is 24.9 Å². The van der Waals surface area contributed by atoms with Crippen LogP contribution in [0.1, 0.15) is 36.0 Å². The molecular formula is C18H22N6O6. The Kier molecular flexibility index (Phi) is 5.81. The first-order valence-electron chi connectivity index (χ1n) is 9.68. The third-order valence-electron chi connectivity index (χ3n) is 5.24. The molecule has 0 bridgehead atoms. The molecular weight excluding hydrogens is 396 g/mol. The standard InChI is InChI=1S/C18H22N6O6/c25-7-10-6-19-15-12(21-10)16(29)22-18(20-9-23-4-2-1-3-5-23)24(15)17-14(28)13(27)11(8-26)30-17/h6-7,9,11,13-14,17,26-28H,1-5,8H2/t11-,13-,14-,17-/m1/s1. The van der Waals surface area contributed by atoms with E-state index in [2.05, 4.69) is 19.9 Å². The van der Waals surface area contributed by atoms with Crippen molar-refractivity contribution in [1.29, 1.82) is 0 Å². The highest BCUT2D eigenvalue weighted by Gasteiger charge is 2.44. The average molecular weight is 418 g/mol. The molecule has 0 aliphatic carbocycles. The van der Waals surface area contributed by atoms with Gasteiger partial charge in [0.1, 0.15) is 24.0 Å². The quantitative estimate of drug-likeness (QED) is 0.304. The highest BCUT2D eigenvalue weighted by molar-refractivity contribution is 5.78. The molecule has 4 rings (SSSR count). The van der Waals surface area contributed by atoms with Crippen LogP contribution in [0.3, 0.4) is 0 Å². The van der Waals surface area contributed by atoms with Crippen LogP contribution in [0, 0.1) is 0 Å². The van der Waals surface area contributed by atoms with Crippen LogP contribution in [0.2, 0.25) is 0 Å². The smallest absolute Gasteiger partial charge is 0.302 e. The van der Waals surface area contributed by atoms with Gasteiger partial charge in [0.05, 0.1) is 19.1 Å². The molecule has 12 nitrogen and oxygen atoms in total. The molecule has 12 heteroatoms. The van der Waals surface area contributed by atoms with Crippen molar-refractivity contribution in [2.24, 2.45) is 4.99 Å². The number of carbonyl (C=O) groups is 1. The number of fused-ring (bicyclic) bond motifs is 1. The monoisotopic (exact) mass is 418 g/mol. The predicted octanol–water partition coefficient (Wildman–Crippen LogP) is -1.24. The maximum atomic E-state index is 12.5. The van der Waals surface area contributed by atoms with E-state index in [1.807, 2.05) is 4.90 Å². The molecule has 3 N–H and O–H groups in total. The average Bonchev–Trinajstić information content (AvgIpc) is 3.06. The van der Waals surface area contributed by atoms with Gasteiger partial charge in [0.2, 0.25) is 5.95 Å². The summed E-state index contributed by atoms with van der Waals surface area (Å²) in [5, 5.41) is 30.1. The molecule has 0 saturated carbocycles. The minimum atomic E-state index is -1.44. The molecule has 0 unspecified atom stereocenters. The molecule has 2 aliphatic heterocycles. The Morgan fingerprint density at radius 3 is 2.63 bits per heavy atom. The van der Waals surface area contributed by atoms with E-state index in [0.29, 0.717) is 6.29 Å². The van der Waals surface area contributed by atoms with Gasteiger partial charge in [0, 0.05) is 13.1 Å². The number of aliphatic hydroxyl groups is 3. The fraction of sp³-hybridized carbons (Fsp3) is 0.556. The van der Waals surface area contributed by atoms with E-state index in [4.69, 9.17) is 4.74 Å². The Balaban J connectivity index is 1.85. The molecule has 2 aromatic heterocycles. The van der Waals surface area contributed by atoms with Gasteiger partial charge < -0.3 is 25.0 Å². The van der Waals surface area contributed by atoms with Gasteiger partial charge in [-0.2, -0.15) is 4.98 Å². The number of aliphatic hydroxyl groups excluding tert-OH is 3. The Hall–Kier alpha value is -2.80. The Bertz CT molecular complexity index is 1020. The number of carbonyl (C=O) groups excluding carboxylic acids is 1. The lowest BCUT2D eigenvalue weighted by Crippen LogP contribution is -2.33. The molecule has 0 radical (unpaired) electrons. The SMILES string of the molecule is O=Cc1cnc2c(n1)c(=O)nc(N=CN1CCCCC1)n2[C@@H]1O[C@H](CO)[C@@H](O)[C@H]1O. The normalized spacial score (nSPS) is 27.2. The van der Waals surface area contributed by atoms with Gasteiger partial charge in [-0.1, -0.05) is 0 Å². The number of aliphatic imine (C=N–C) groups is 1. The maximum Gasteiger partial charge on any atom is 0.302 e. The predicted molar refractivity (Wildman–Crippen MR) is 104 cm³/mol. The van der Waals surface area contributed by atoms with E-state index in [-0.39, 0.29) is 22.8 Å². The highest BCUT2D eigenvalue weighted by atomic mass is 16.6. The first-order valence-corrected chi connectivity index (χ1v) is 9.68. The van der Waals surface area contributed by atoms with Crippen LogP contribution in [-0.2, 0) is 4.74 Å².